The molecule has 0 aromatic carbocycles. The minimum absolute atomic E-state index is 0.142. The van der Waals surface area contributed by atoms with E-state index in [1.807, 2.05) is 0 Å². The number of hydrogen-bond acceptors (Lipinski definition) is 3. The number of pyridine rings is 1. The smallest absolute Gasteiger partial charge is 0.372 e. The van der Waals surface area contributed by atoms with Crippen molar-refractivity contribution < 1.29 is 14.3 Å². The van der Waals surface area contributed by atoms with Gasteiger partial charge in [0, 0.05) is 22.3 Å². The quantitative estimate of drug-likeness (QED) is 0.940. The van der Waals surface area contributed by atoms with E-state index in [4.69, 9.17) is 9.52 Å². The number of rotatable bonds is 3. The summed E-state index contributed by atoms with van der Waals surface area (Å²) in [4.78, 5) is 22.4. The van der Waals surface area contributed by atoms with Gasteiger partial charge in [0.05, 0.1) is 12.8 Å². The number of aromatic carboxylic acids is 1. The summed E-state index contributed by atoms with van der Waals surface area (Å²) >= 11 is 3.25. The average Bonchev–Trinajstić information content (AvgIpc) is 2.71. The fourth-order valence-electron chi connectivity index (χ4n) is 1.46. The fourth-order valence-corrected chi connectivity index (χ4v) is 1.84. The molecule has 0 aliphatic rings. The molecule has 0 unspecified atom stereocenters. The van der Waals surface area contributed by atoms with E-state index in [0.29, 0.717) is 5.56 Å². The van der Waals surface area contributed by atoms with Gasteiger partial charge in [0.1, 0.15) is 0 Å². The molecule has 2 aromatic heterocycles. The van der Waals surface area contributed by atoms with Crippen LogP contribution in [0.5, 0.6) is 0 Å². The van der Waals surface area contributed by atoms with Gasteiger partial charge in [0.15, 0.2) is 0 Å². The molecule has 2 rings (SSSR count). The predicted molar refractivity (Wildman–Crippen MR) is 63.2 cm³/mol. The Morgan fingerprint density at radius 1 is 1.41 bits per heavy atom. The van der Waals surface area contributed by atoms with Gasteiger partial charge in [-0.25, -0.2) is 4.79 Å². The SMILES string of the molecule is O=C(O)c1occc1Cn1cc(Br)ccc1=O. The first-order chi connectivity index (χ1) is 8.08. The third-order valence-electron chi connectivity index (χ3n) is 2.23. The molecule has 0 bridgehead atoms. The Hall–Kier alpha value is -1.82. The number of carboxylic acid groups (broad SMARTS) is 1. The van der Waals surface area contributed by atoms with Crippen LogP contribution in [0.25, 0.3) is 0 Å². The highest BCUT2D eigenvalue weighted by Crippen LogP contribution is 2.13. The normalized spacial score (nSPS) is 10.4. The first kappa shape index (κ1) is 11.7. The number of carboxylic acids is 1. The van der Waals surface area contributed by atoms with E-state index >= 15 is 0 Å². The molecule has 0 spiro atoms. The number of nitrogens with zero attached hydrogens (tertiary/aromatic N) is 1. The van der Waals surface area contributed by atoms with E-state index < -0.39 is 5.97 Å². The van der Waals surface area contributed by atoms with E-state index in [0.717, 1.165) is 4.47 Å². The van der Waals surface area contributed by atoms with Crippen molar-refractivity contribution in [1.82, 2.24) is 4.57 Å². The summed E-state index contributed by atoms with van der Waals surface area (Å²) in [5, 5.41) is 8.87. The van der Waals surface area contributed by atoms with E-state index in [9.17, 15) is 9.59 Å². The zero-order chi connectivity index (χ0) is 12.4. The first-order valence-electron chi connectivity index (χ1n) is 4.73. The molecule has 1 N–H and O–H groups in total. The zero-order valence-corrected chi connectivity index (χ0v) is 10.2. The van der Waals surface area contributed by atoms with Crippen LogP contribution in [0.3, 0.4) is 0 Å². The molecule has 5 nitrogen and oxygen atoms in total. The molecule has 0 radical (unpaired) electrons. The second-order valence-electron chi connectivity index (χ2n) is 3.39. The van der Waals surface area contributed by atoms with Crippen LogP contribution in [0.1, 0.15) is 16.1 Å². The Morgan fingerprint density at radius 2 is 2.18 bits per heavy atom. The minimum atomic E-state index is -1.15. The van der Waals surface area contributed by atoms with Crippen molar-refractivity contribution in [2.75, 3.05) is 0 Å². The summed E-state index contributed by atoms with van der Waals surface area (Å²) < 4.78 is 6.99. The van der Waals surface area contributed by atoms with Gasteiger partial charge in [0.25, 0.3) is 5.56 Å². The van der Waals surface area contributed by atoms with E-state index in [2.05, 4.69) is 15.9 Å². The number of furan rings is 1. The van der Waals surface area contributed by atoms with Gasteiger partial charge in [-0.15, -0.1) is 0 Å². The number of aromatic nitrogens is 1. The highest BCUT2D eigenvalue weighted by molar-refractivity contribution is 9.10. The lowest BCUT2D eigenvalue weighted by Gasteiger charge is -2.04. The van der Waals surface area contributed by atoms with E-state index in [1.54, 1.807) is 12.3 Å². The molecule has 88 valence electrons. The molecule has 0 saturated heterocycles. The van der Waals surface area contributed by atoms with E-state index in [1.165, 1.54) is 23.0 Å². The Balaban J connectivity index is 2.38. The maximum absolute atomic E-state index is 11.5. The monoisotopic (exact) mass is 297 g/mol. The first-order valence-corrected chi connectivity index (χ1v) is 5.53. The summed E-state index contributed by atoms with van der Waals surface area (Å²) in [7, 11) is 0. The van der Waals surface area contributed by atoms with Crippen molar-refractivity contribution in [3.8, 4) is 0 Å². The molecule has 17 heavy (non-hydrogen) atoms. The van der Waals surface area contributed by atoms with Gasteiger partial charge >= 0.3 is 5.97 Å². The van der Waals surface area contributed by atoms with Crippen molar-refractivity contribution >= 4 is 21.9 Å². The van der Waals surface area contributed by atoms with Crippen molar-refractivity contribution in [3.63, 3.8) is 0 Å². The molecule has 2 aromatic rings. The van der Waals surface area contributed by atoms with Crippen molar-refractivity contribution in [2.45, 2.75) is 6.54 Å². The van der Waals surface area contributed by atoms with Gasteiger partial charge < -0.3 is 14.1 Å². The third-order valence-corrected chi connectivity index (χ3v) is 2.70. The minimum Gasteiger partial charge on any atom is -0.475 e. The second-order valence-corrected chi connectivity index (χ2v) is 4.31. The largest absolute Gasteiger partial charge is 0.475 e. The number of halogens is 1. The highest BCUT2D eigenvalue weighted by atomic mass is 79.9. The number of carbonyl (C=O) groups is 1. The lowest BCUT2D eigenvalue weighted by molar-refractivity contribution is 0.0660. The van der Waals surface area contributed by atoms with Gasteiger partial charge in [0.2, 0.25) is 5.76 Å². The second kappa shape index (κ2) is 4.58. The number of hydrogen-bond donors (Lipinski definition) is 1. The topological polar surface area (TPSA) is 72.4 Å². The lowest BCUT2D eigenvalue weighted by atomic mass is 10.2. The van der Waals surface area contributed by atoms with Crippen molar-refractivity contribution in [3.05, 3.63) is 56.8 Å². The van der Waals surface area contributed by atoms with Gasteiger partial charge in [-0.3, -0.25) is 4.79 Å². The van der Waals surface area contributed by atoms with Gasteiger partial charge in [-0.1, -0.05) is 0 Å². The molecule has 0 aliphatic carbocycles. The van der Waals surface area contributed by atoms with Crippen LogP contribution < -0.4 is 5.56 Å². The average molecular weight is 298 g/mol. The van der Waals surface area contributed by atoms with Crippen LogP contribution in [-0.4, -0.2) is 15.6 Å². The summed E-state index contributed by atoms with van der Waals surface area (Å²) in [5.41, 5.74) is 0.253. The molecular formula is C11H8BrNO4. The van der Waals surface area contributed by atoms with Crippen molar-refractivity contribution in [2.24, 2.45) is 0 Å². The van der Waals surface area contributed by atoms with Crippen LogP contribution in [0, 0.1) is 0 Å². The summed E-state index contributed by atoms with van der Waals surface area (Å²) in [6.45, 7) is 0.163. The molecule has 2 heterocycles. The highest BCUT2D eigenvalue weighted by Gasteiger charge is 2.14. The predicted octanol–water partition coefficient (Wildman–Crippen LogP) is 1.95. The fraction of sp³-hybridized carbons (Fsp3) is 0.0909. The molecule has 0 saturated carbocycles. The van der Waals surface area contributed by atoms with Crippen LogP contribution in [0.2, 0.25) is 0 Å². The van der Waals surface area contributed by atoms with Crippen LogP contribution >= 0.6 is 15.9 Å². The lowest BCUT2D eigenvalue weighted by Crippen LogP contribution is -2.19. The molecule has 6 heteroatoms. The molecule has 0 amide bonds. The van der Waals surface area contributed by atoms with Crippen LogP contribution in [-0.2, 0) is 6.54 Å². The summed E-state index contributed by atoms with van der Waals surface area (Å²) in [6, 6.07) is 4.58. The Kier molecular flexibility index (Phi) is 3.14. The van der Waals surface area contributed by atoms with Crippen LogP contribution in [0.15, 0.2) is 44.3 Å². The van der Waals surface area contributed by atoms with Gasteiger partial charge in [-0.2, -0.15) is 0 Å². The summed E-state index contributed by atoms with van der Waals surface area (Å²) in [6.07, 6.45) is 2.89. The zero-order valence-electron chi connectivity index (χ0n) is 8.59. The Bertz CT molecular complexity index is 614. The Morgan fingerprint density at radius 3 is 2.88 bits per heavy atom. The van der Waals surface area contributed by atoms with Gasteiger partial charge in [-0.05, 0) is 28.1 Å². The third kappa shape index (κ3) is 2.47. The maximum Gasteiger partial charge on any atom is 0.372 e. The van der Waals surface area contributed by atoms with Crippen molar-refractivity contribution in [1.29, 1.82) is 0 Å². The maximum atomic E-state index is 11.5. The standard InChI is InChI=1S/C11H8BrNO4/c12-8-1-2-9(14)13(6-8)5-7-3-4-17-10(7)11(15)16/h1-4,6H,5H2,(H,15,16). The summed E-state index contributed by atoms with van der Waals surface area (Å²) in [5.74, 6) is -1.29. The molecule has 0 fully saturated rings. The Labute approximate surface area is 104 Å². The molecule has 0 atom stereocenters. The molecule has 0 aliphatic heterocycles. The van der Waals surface area contributed by atoms with Crippen LogP contribution in [0.4, 0.5) is 0 Å². The molecular weight excluding hydrogens is 290 g/mol. The van der Waals surface area contributed by atoms with E-state index in [-0.39, 0.29) is 17.9 Å².